The predicted molar refractivity (Wildman–Crippen MR) is 79.8 cm³/mol. The third-order valence-corrected chi connectivity index (χ3v) is 2.17. The number of hydrogen-bond acceptors (Lipinski definition) is 0. The first-order valence-electron chi connectivity index (χ1n) is 6.27. The van der Waals surface area contributed by atoms with Crippen LogP contribution in [0.25, 0.3) is 0 Å². The Labute approximate surface area is 152 Å². The van der Waals surface area contributed by atoms with Crippen LogP contribution in [0.3, 0.4) is 0 Å². The quantitative estimate of drug-likeness (QED) is 0.379. The smallest absolute Gasteiger partial charge is 0.0635 e. The van der Waals surface area contributed by atoms with Gasteiger partial charge >= 0.3 is 41.9 Å². The molecule has 0 aliphatic heterocycles. The predicted octanol–water partition coefficient (Wildman–Crippen LogP) is -1.10. The van der Waals surface area contributed by atoms with Gasteiger partial charge in [-0.2, -0.15) is 23.3 Å². The zero-order valence-corrected chi connectivity index (χ0v) is 18.2. The van der Waals surface area contributed by atoms with Crippen molar-refractivity contribution < 1.29 is 48.1 Å². The molecule has 0 nitrogen and oxygen atoms in total. The van der Waals surface area contributed by atoms with E-state index in [0.717, 1.165) is 6.42 Å². The van der Waals surface area contributed by atoms with Gasteiger partial charge < -0.3 is 24.8 Å². The van der Waals surface area contributed by atoms with Crippen molar-refractivity contribution in [3.63, 3.8) is 0 Å². The molecule has 0 aromatic heterocycles. The Kier molecular flexibility index (Phi) is 18.4. The molecule has 1 aliphatic rings. The van der Waals surface area contributed by atoms with Crippen molar-refractivity contribution in [2.45, 2.75) is 47.2 Å². The van der Waals surface area contributed by atoms with Crippen molar-refractivity contribution in [3.05, 3.63) is 52.6 Å². The van der Waals surface area contributed by atoms with Gasteiger partial charge in [0.05, 0.1) is 0 Å². The Hall–Kier alpha value is 0.510. The summed E-state index contributed by atoms with van der Waals surface area (Å²) in [5, 5.41) is 0. The number of allylic oxidation sites excluding steroid dienone is 4. The number of aryl methyl sites for hydroxylation is 2. The molecule has 2 rings (SSSR count). The standard InChI is InChI=1S/2C7H9.C2H6Si.2ClH.Zr/c2*1-6-3-4-7(2)5-6;1-3-2;;;/h5H,3H2,1-2H3;3-5H,1-2H3;1-2H3;2*1H;/q2*-1;;;;+2/p-2. The van der Waals surface area contributed by atoms with Crippen molar-refractivity contribution in [3.8, 4) is 0 Å². The first kappa shape index (κ1) is 25.5. The van der Waals surface area contributed by atoms with Crippen molar-refractivity contribution in [2.24, 2.45) is 0 Å². The summed E-state index contributed by atoms with van der Waals surface area (Å²) in [5.41, 5.74) is 5.65. The van der Waals surface area contributed by atoms with E-state index < -0.39 is 0 Å². The molecule has 0 amide bonds. The Morgan fingerprint density at radius 1 is 1.15 bits per heavy atom. The van der Waals surface area contributed by atoms with E-state index in [0.29, 0.717) is 0 Å². The Morgan fingerprint density at radius 2 is 1.65 bits per heavy atom. The van der Waals surface area contributed by atoms with E-state index in [1.165, 1.54) is 22.3 Å². The third-order valence-electron chi connectivity index (χ3n) is 2.17. The van der Waals surface area contributed by atoms with Crippen LogP contribution in [-0.4, -0.2) is 5.43 Å². The maximum atomic E-state index is 3.19. The molecule has 1 aromatic rings. The molecule has 1 aromatic carbocycles. The first-order valence-corrected chi connectivity index (χ1v) is 12.5. The van der Waals surface area contributed by atoms with Crippen molar-refractivity contribution in [1.29, 1.82) is 0 Å². The van der Waals surface area contributed by atoms with E-state index in [9.17, 15) is 0 Å². The van der Waals surface area contributed by atoms with Gasteiger partial charge in [-0.05, 0) is 0 Å². The monoisotopic (exact) mass is 404 g/mol. The summed E-state index contributed by atoms with van der Waals surface area (Å²) in [6.45, 7) is 13.0. The second-order valence-electron chi connectivity index (χ2n) is 4.99. The van der Waals surface area contributed by atoms with Crippen LogP contribution in [0.15, 0.2) is 35.4 Å². The molecule has 0 fully saturated rings. The van der Waals surface area contributed by atoms with E-state index in [4.69, 9.17) is 0 Å². The molecule has 0 bridgehead atoms. The van der Waals surface area contributed by atoms with Crippen LogP contribution in [0, 0.1) is 19.9 Å². The van der Waals surface area contributed by atoms with Gasteiger partial charge in [-0.1, -0.05) is 27.7 Å². The minimum atomic E-state index is 0. The Morgan fingerprint density at radius 3 is 1.75 bits per heavy atom. The van der Waals surface area contributed by atoms with Crippen LogP contribution in [0.5, 0.6) is 0 Å². The maximum absolute atomic E-state index is 3.19. The third kappa shape index (κ3) is 16.6. The van der Waals surface area contributed by atoms with Crippen LogP contribution in [0.1, 0.15) is 31.4 Å². The summed E-state index contributed by atoms with van der Waals surface area (Å²) < 4.78 is 0. The Bertz CT molecular complexity index is 425. The fraction of sp³-hybridized carbons (Fsp3) is 0.438. The zero-order valence-electron chi connectivity index (χ0n) is 13.3. The van der Waals surface area contributed by atoms with E-state index in [2.05, 4.69) is 71.1 Å². The molecule has 0 unspecified atom stereocenters. The fourth-order valence-corrected chi connectivity index (χ4v) is 1.47. The van der Waals surface area contributed by atoms with Crippen LogP contribution in [-0.2, 0) is 23.3 Å². The summed E-state index contributed by atoms with van der Waals surface area (Å²) in [6.07, 6.45) is 6.41. The average Bonchev–Trinajstić information content (AvgIpc) is 2.76. The molecule has 0 radical (unpaired) electrons. The first-order chi connectivity index (χ1) is 8.31. The molecule has 4 heteroatoms. The fourth-order valence-electron chi connectivity index (χ4n) is 1.47. The van der Waals surface area contributed by atoms with Gasteiger partial charge in [0.1, 0.15) is 0 Å². The molecule has 0 N–H and O–H groups in total. The number of rotatable bonds is 0. The van der Waals surface area contributed by atoms with Gasteiger partial charge in [-0.3, -0.25) is 6.08 Å². The summed E-state index contributed by atoms with van der Waals surface area (Å²) in [6, 6.07) is 6.41. The van der Waals surface area contributed by atoms with E-state index in [1.807, 2.05) is 0 Å². The van der Waals surface area contributed by atoms with E-state index >= 15 is 0 Å². The molecular formula is C16H24Cl2SiZr-2. The SMILES string of the molecule is CC1=[C-]CC(C)=C1.C[Si](C)=[Zr+2].Cc1c[cH-]c(C)c1.[Cl-].[Cl-]. The summed E-state index contributed by atoms with van der Waals surface area (Å²) in [5.74, 6) is 0. The molecule has 1 aliphatic carbocycles. The van der Waals surface area contributed by atoms with E-state index in [1.54, 1.807) is 23.3 Å². The van der Waals surface area contributed by atoms with Gasteiger partial charge in [-0.15, -0.1) is 6.42 Å². The van der Waals surface area contributed by atoms with Crippen LogP contribution < -0.4 is 24.8 Å². The number of halogens is 2. The van der Waals surface area contributed by atoms with Gasteiger partial charge in [0.2, 0.25) is 0 Å². The number of hydrogen-bond donors (Lipinski definition) is 0. The minimum Gasteiger partial charge on any atom is -1.00 e. The van der Waals surface area contributed by atoms with Gasteiger partial charge in [0.25, 0.3) is 0 Å². The zero-order chi connectivity index (χ0) is 14.1. The van der Waals surface area contributed by atoms with Crippen molar-refractivity contribution in [2.75, 3.05) is 0 Å². The van der Waals surface area contributed by atoms with Crippen molar-refractivity contribution in [1.82, 2.24) is 0 Å². The summed E-state index contributed by atoms with van der Waals surface area (Å²) >= 11 is 1.74. The molecule has 0 atom stereocenters. The van der Waals surface area contributed by atoms with Gasteiger partial charge in [0.15, 0.2) is 0 Å². The minimum absolute atomic E-state index is 0. The van der Waals surface area contributed by atoms with Crippen LogP contribution >= 0.6 is 0 Å². The van der Waals surface area contributed by atoms with Gasteiger partial charge in [0, 0.05) is 0 Å². The molecule has 0 heterocycles. The molecular weight excluding hydrogens is 382 g/mol. The van der Waals surface area contributed by atoms with E-state index in [-0.39, 0.29) is 30.2 Å². The van der Waals surface area contributed by atoms with Crippen LogP contribution in [0.2, 0.25) is 13.1 Å². The average molecular weight is 407 g/mol. The molecule has 20 heavy (non-hydrogen) atoms. The summed E-state index contributed by atoms with van der Waals surface area (Å²) in [7, 11) is 0. The maximum Gasteiger partial charge on any atom is -0.0635 e. The second kappa shape index (κ2) is 14.4. The molecule has 112 valence electrons. The topological polar surface area (TPSA) is 0 Å². The molecule has 0 saturated carbocycles. The second-order valence-corrected chi connectivity index (χ2v) is 14.4. The summed E-state index contributed by atoms with van der Waals surface area (Å²) in [4.78, 5) is 0. The molecule has 0 spiro atoms. The van der Waals surface area contributed by atoms with Crippen LogP contribution in [0.4, 0.5) is 0 Å². The van der Waals surface area contributed by atoms with Crippen molar-refractivity contribution >= 4 is 5.43 Å². The Balaban J connectivity index is -0.000000215. The largest absolute Gasteiger partial charge is 1.00 e. The normalized spacial score (nSPS) is 11.4. The van der Waals surface area contributed by atoms with Gasteiger partial charge in [-0.25, -0.2) is 23.3 Å². The molecule has 0 saturated heterocycles.